The summed E-state index contributed by atoms with van der Waals surface area (Å²) in [4.78, 5) is 23.1. The third-order valence-electron chi connectivity index (χ3n) is 4.86. The first-order valence-electron chi connectivity index (χ1n) is 8.76. The normalized spacial score (nSPS) is 44.1. The fourth-order valence-electron chi connectivity index (χ4n) is 3.40. The van der Waals surface area contributed by atoms with E-state index >= 15 is 0 Å². The number of rotatable bonds is 6. The fraction of sp³-hybridized carbons (Fsp3) is 0.875. The average Bonchev–Trinajstić information content (AvgIpc) is 2.63. The quantitative estimate of drug-likeness (QED) is 0.256. The molecule has 2 fully saturated rings. The molecule has 0 radical (unpaired) electrons. The lowest BCUT2D eigenvalue weighted by molar-refractivity contribution is -0.319. The number of carbonyl (C=O) groups excluding carboxylic acids is 1. The van der Waals surface area contributed by atoms with E-state index in [1.165, 1.54) is 21.0 Å². The predicted octanol–water partition coefficient (Wildman–Crippen LogP) is -3.44. The van der Waals surface area contributed by atoms with Crippen molar-refractivity contribution in [3.8, 4) is 0 Å². The number of ether oxygens (including phenoxy) is 4. The van der Waals surface area contributed by atoms with Gasteiger partial charge in [-0.25, -0.2) is 4.79 Å². The summed E-state index contributed by atoms with van der Waals surface area (Å²) in [6.45, 7) is 1.99. The van der Waals surface area contributed by atoms with E-state index in [2.05, 4.69) is 5.32 Å². The van der Waals surface area contributed by atoms with Crippen LogP contribution >= 0.6 is 0 Å². The van der Waals surface area contributed by atoms with Crippen LogP contribution in [0.2, 0.25) is 0 Å². The number of methoxy groups -OCH3 is 1. The molecule has 0 aromatic carbocycles. The van der Waals surface area contributed by atoms with E-state index in [9.17, 15) is 35.1 Å². The summed E-state index contributed by atoms with van der Waals surface area (Å²) in [7, 11) is 1.27. The Bertz CT molecular complexity index is 561. The molecular weight excluding hydrogens is 382 g/mol. The molecule has 2 aliphatic heterocycles. The maximum Gasteiger partial charge on any atom is 0.335 e. The predicted molar refractivity (Wildman–Crippen MR) is 89.0 cm³/mol. The highest BCUT2D eigenvalue weighted by Crippen LogP contribution is 2.30. The molecule has 28 heavy (non-hydrogen) atoms. The molecule has 0 spiro atoms. The van der Waals surface area contributed by atoms with Crippen LogP contribution < -0.4 is 5.32 Å². The minimum atomic E-state index is -1.63. The zero-order valence-corrected chi connectivity index (χ0v) is 15.7. The first-order valence-corrected chi connectivity index (χ1v) is 8.76. The summed E-state index contributed by atoms with van der Waals surface area (Å²) in [6.07, 6.45) is -12.2. The van der Waals surface area contributed by atoms with Crippen molar-refractivity contribution in [3.63, 3.8) is 0 Å². The Hall–Kier alpha value is -1.38. The van der Waals surface area contributed by atoms with Crippen molar-refractivity contribution in [2.75, 3.05) is 13.7 Å². The minimum absolute atomic E-state index is 0.511. The number of amides is 1. The second-order valence-corrected chi connectivity index (χ2v) is 6.82. The van der Waals surface area contributed by atoms with Crippen molar-refractivity contribution in [1.82, 2.24) is 5.32 Å². The van der Waals surface area contributed by atoms with Gasteiger partial charge >= 0.3 is 5.97 Å². The van der Waals surface area contributed by atoms with Crippen LogP contribution in [0.4, 0.5) is 0 Å². The van der Waals surface area contributed by atoms with Gasteiger partial charge in [0.1, 0.15) is 42.7 Å². The van der Waals surface area contributed by atoms with Crippen molar-refractivity contribution < 1.29 is 54.1 Å². The Morgan fingerprint density at radius 1 is 1.07 bits per heavy atom. The molecule has 10 atom stereocenters. The molecule has 2 aliphatic rings. The summed E-state index contributed by atoms with van der Waals surface area (Å²) >= 11 is 0. The SMILES string of the molecule is CO[C@H]1[C@H](O)[C@@H](CO)O[C@@H](O[C@H]2[C@H](O)[C@@H](O)[C@H](C)O[C@@H]2C(=O)O)[C@@H]1NC(C)=O. The number of carbonyl (C=O) groups is 2. The van der Waals surface area contributed by atoms with Crippen LogP contribution in [0.5, 0.6) is 0 Å². The highest BCUT2D eigenvalue weighted by molar-refractivity contribution is 5.74. The van der Waals surface area contributed by atoms with Crippen LogP contribution in [0, 0.1) is 0 Å². The Labute approximate surface area is 160 Å². The maximum absolute atomic E-state index is 11.6. The zero-order chi connectivity index (χ0) is 21.2. The smallest absolute Gasteiger partial charge is 0.335 e. The third-order valence-corrected chi connectivity index (χ3v) is 4.86. The van der Waals surface area contributed by atoms with Gasteiger partial charge in [-0.1, -0.05) is 0 Å². The fourth-order valence-corrected chi connectivity index (χ4v) is 3.40. The number of hydrogen-bond acceptors (Lipinski definition) is 10. The second-order valence-electron chi connectivity index (χ2n) is 6.82. The molecule has 2 heterocycles. The number of carboxylic acid groups (broad SMARTS) is 1. The van der Waals surface area contributed by atoms with Crippen molar-refractivity contribution in [2.24, 2.45) is 0 Å². The van der Waals surface area contributed by atoms with Gasteiger partial charge in [-0.05, 0) is 6.92 Å². The van der Waals surface area contributed by atoms with Gasteiger partial charge < -0.3 is 49.8 Å². The maximum atomic E-state index is 11.6. The van der Waals surface area contributed by atoms with Gasteiger partial charge in [0, 0.05) is 14.0 Å². The third kappa shape index (κ3) is 4.60. The first kappa shape index (κ1) is 22.9. The Balaban J connectivity index is 2.31. The molecule has 2 rings (SSSR count). The molecule has 12 heteroatoms. The molecule has 2 saturated heterocycles. The molecule has 1 amide bonds. The lowest BCUT2D eigenvalue weighted by Gasteiger charge is -2.47. The van der Waals surface area contributed by atoms with Crippen LogP contribution in [-0.2, 0) is 28.5 Å². The van der Waals surface area contributed by atoms with Crippen LogP contribution in [0.15, 0.2) is 0 Å². The summed E-state index contributed by atoms with van der Waals surface area (Å²) in [6, 6.07) is -1.10. The molecule has 0 aromatic rings. The van der Waals surface area contributed by atoms with E-state index in [4.69, 9.17) is 18.9 Å². The standard InChI is InChI=1S/C16H27NO11/c1-5-9(20)11(22)13(14(26-5)15(23)24)28-16-8(17-6(2)19)12(25-3)10(21)7(4-18)27-16/h5,7-14,16,18,20-22H,4H2,1-3H3,(H,17,19)(H,23,24)/t5-,7+,8+,9-,10+,11+,12+,13-,14-,16-/m0/s1. The van der Waals surface area contributed by atoms with Gasteiger partial charge in [0.05, 0.1) is 12.7 Å². The van der Waals surface area contributed by atoms with Crippen LogP contribution in [0.1, 0.15) is 13.8 Å². The molecule has 162 valence electrons. The van der Waals surface area contributed by atoms with Crippen LogP contribution in [0.3, 0.4) is 0 Å². The average molecular weight is 409 g/mol. The van der Waals surface area contributed by atoms with Crippen molar-refractivity contribution in [2.45, 2.75) is 75.0 Å². The number of aliphatic carboxylic acids is 1. The number of aliphatic hydroxyl groups excluding tert-OH is 4. The Kier molecular flexibility index (Phi) is 7.70. The summed E-state index contributed by atoms with van der Waals surface area (Å²) in [5.41, 5.74) is 0. The van der Waals surface area contributed by atoms with Crippen molar-refractivity contribution >= 4 is 11.9 Å². The monoisotopic (exact) mass is 409 g/mol. The lowest BCUT2D eigenvalue weighted by Crippen LogP contribution is -2.68. The van der Waals surface area contributed by atoms with Crippen molar-refractivity contribution in [1.29, 1.82) is 0 Å². The van der Waals surface area contributed by atoms with E-state index in [0.717, 1.165) is 0 Å². The summed E-state index contributed by atoms with van der Waals surface area (Å²) in [5.74, 6) is -1.94. The largest absolute Gasteiger partial charge is 0.479 e. The van der Waals surface area contributed by atoms with Crippen molar-refractivity contribution in [3.05, 3.63) is 0 Å². The van der Waals surface area contributed by atoms with E-state index in [1.807, 2.05) is 0 Å². The Morgan fingerprint density at radius 3 is 2.21 bits per heavy atom. The van der Waals surface area contributed by atoms with Crippen LogP contribution in [0.25, 0.3) is 0 Å². The van der Waals surface area contributed by atoms with E-state index < -0.39 is 79.6 Å². The molecular formula is C16H27NO11. The summed E-state index contributed by atoms with van der Waals surface area (Å²) in [5, 5.41) is 52.0. The second kappa shape index (κ2) is 9.41. The lowest BCUT2D eigenvalue weighted by atomic mass is 9.94. The van der Waals surface area contributed by atoms with E-state index in [0.29, 0.717) is 0 Å². The molecule has 6 N–H and O–H groups in total. The van der Waals surface area contributed by atoms with Gasteiger partial charge in [-0.3, -0.25) is 4.79 Å². The number of carboxylic acids is 1. The van der Waals surface area contributed by atoms with Crippen LogP contribution in [-0.4, -0.2) is 112 Å². The van der Waals surface area contributed by atoms with Gasteiger partial charge in [-0.2, -0.15) is 0 Å². The van der Waals surface area contributed by atoms with E-state index in [-0.39, 0.29) is 0 Å². The highest BCUT2D eigenvalue weighted by Gasteiger charge is 2.52. The molecule has 0 bridgehead atoms. The molecule has 0 aliphatic carbocycles. The van der Waals surface area contributed by atoms with Gasteiger partial charge in [0.25, 0.3) is 0 Å². The molecule has 0 saturated carbocycles. The number of nitrogens with one attached hydrogen (secondary N) is 1. The highest BCUT2D eigenvalue weighted by atomic mass is 16.7. The van der Waals surface area contributed by atoms with Gasteiger partial charge in [0.2, 0.25) is 5.91 Å². The zero-order valence-electron chi connectivity index (χ0n) is 15.7. The molecule has 0 unspecified atom stereocenters. The topological polar surface area (TPSA) is 184 Å². The summed E-state index contributed by atoms with van der Waals surface area (Å²) < 4.78 is 21.5. The molecule has 12 nitrogen and oxygen atoms in total. The first-order chi connectivity index (χ1) is 13.1. The van der Waals surface area contributed by atoms with Gasteiger partial charge in [0.15, 0.2) is 12.4 Å². The number of aliphatic hydroxyl groups is 4. The van der Waals surface area contributed by atoms with E-state index in [1.54, 1.807) is 0 Å². The van der Waals surface area contributed by atoms with Gasteiger partial charge in [-0.15, -0.1) is 0 Å². The Morgan fingerprint density at radius 2 is 1.71 bits per heavy atom. The minimum Gasteiger partial charge on any atom is -0.479 e. The number of hydrogen-bond donors (Lipinski definition) is 6. The molecule has 0 aromatic heterocycles.